The summed E-state index contributed by atoms with van der Waals surface area (Å²) >= 11 is 0. The molecule has 2 saturated heterocycles. The van der Waals surface area contributed by atoms with Gasteiger partial charge in [0.2, 0.25) is 0 Å². The number of likely N-dealkylation sites (tertiary alicyclic amines) is 2. The molecule has 0 aromatic heterocycles. The van der Waals surface area contributed by atoms with Crippen molar-refractivity contribution in [2.45, 2.75) is 64.9 Å². The Kier molecular flexibility index (Phi) is 13.6. The van der Waals surface area contributed by atoms with Gasteiger partial charge in [-0.15, -0.1) is 24.0 Å². The Bertz CT molecular complexity index is 626. The Balaban J connectivity index is 0.00000363. The normalized spacial score (nSPS) is 19.1. The zero-order valence-corrected chi connectivity index (χ0v) is 22.6. The number of halogens is 1. The van der Waals surface area contributed by atoms with E-state index in [0.717, 1.165) is 57.5 Å². The van der Waals surface area contributed by atoms with Crippen molar-refractivity contribution in [1.29, 1.82) is 0 Å². The van der Waals surface area contributed by atoms with Gasteiger partial charge in [0, 0.05) is 32.8 Å². The zero-order valence-electron chi connectivity index (χ0n) is 20.3. The van der Waals surface area contributed by atoms with Gasteiger partial charge in [-0.3, -0.25) is 4.99 Å². The summed E-state index contributed by atoms with van der Waals surface area (Å²) in [5.41, 5.74) is 1.50. The van der Waals surface area contributed by atoms with Gasteiger partial charge >= 0.3 is 0 Å². The van der Waals surface area contributed by atoms with Gasteiger partial charge in [0.1, 0.15) is 0 Å². The first-order chi connectivity index (χ1) is 15.3. The first kappa shape index (κ1) is 27.4. The lowest BCUT2D eigenvalue weighted by Gasteiger charge is -2.34. The molecule has 0 amide bonds. The Morgan fingerprint density at radius 3 is 2.38 bits per heavy atom. The van der Waals surface area contributed by atoms with E-state index < -0.39 is 0 Å². The third kappa shape index (κ3) is 9.56. The van der Waals surface area contributed by atoms with E-state index in [0.29, 0.717) is 6.10 Å². The number of benzene rings is 1. The highest BCUT2D eigenvalue weighted by Gasteiger charge is 2.22. The van der Waals surface area contributed by atoms with Crippen LogP contribution in [0.5, 0.6) is 0 Å². The van der Waals surface area contributed by atoms with Crippen molar-refractivity contribution in [1.82, 2.24) is 15.1 Å². The van der Waals surface area contributed by atoms with Crippen LogP contribution in [0.1, 0.15) is 57.9 Å². The molecule has 2 aliphatic heterocycles. The molecule has 0 atom stereocenters. The van der Waals surface area contributed by atoms with Crippen molar-refractivity contribution in [3.8, 4) is 0 Å². The van der Waals surface area contributed by atoms with Crippen LogP contribution in [0.15, 0.2) is 35.3 Å². The molecule has 182 valence electrons. The average molecular weight is 557 g/mol. The number of nitrogens with zero attached hydrogens (tertiary/aromatic N) is 3. The largest absolute Gasteiger partial charge is 0.378 e. The van der Waals surface area contributed by atoms with Crippen molar-refractivity contribution in [3.63, 3.8) is 0 Å². The smallest absolute Gasteiger partial charge is 0.193 e. The zero-order chi connectivity index (χ0) is 21.7. The minimum atomic E-state index is 0. The van der Waals surface area contributed by atoms with Crippen molar-refractivity contribution >= 4 is 29.9 Å². The second kappa shape index (κ2) is 15.9. The summed E-state index contributed by atoms with van der Waals surface area (Å²) in [6.07, 6.45) is 9.01. The summed E-state index contributed by atoms with van der Waals surface area (Å²) in [5, 5.41) is 3.49. The average Bonchev–Trinajstić information content (AvgIpc) is 2.81. The monoisotopic (exact) mass is 556 g/mol. The predicted octanol–water partition coefficient (Wildman–Crippen LogP) is 4.81. The van der Waals surface area contributed by atoms with Crippen LogP contribution in [-0.4, -0.2) is 74.3 Å². The highest BCUT2D eigenvalue weighted by molar-refractivity contribution is 14.0. The van der Waals surface area contributed by atoms with Gasteiger partial charge in [-0.1, -0.05) is 30.3 Å². The number of rotatable bonds is 10. The number of unbranched alkanes of at least 4 members (excludes halogenated alkanes) is 1. The molecule has 32 heavy (non-hydrogen) atoms. The lowest BCUT2D eigenvalue weighted by molar-refractivity contribution is 0.0264. The second-order valence-electron chi connectivity index (χ2n) is 9.06. The number of hydrogen-bond acceptors (Lipinski definition) is 3. The Morgan fingerprint density at radius 1 is 1.00 bits per heavy atom. The van der Waals surface area contributed by atoms with E-state index in [9.17, 15) is 0 Å². The molecule has 2 heterocycles. The van der Waals surface area contributed by atoms with Crippen molar-refractivity contribution in [3.05, 3.63) is 35.9 Å². The summed E-state index contributed by atoms with van der Waals surface area (Å²) in [6.45, 7) is 12.8. The maximum absolute atomic E-state index is 5.79. The van der Waals surface area contributed by atoms with E-state index in [4.69, 9.17) is 9.73 Å². The summed E-state index contributed by atoms with van der Waals surface area (Å²) in [5.74, 6) is 1.96. The highest BCUT2D eigenvalue weighted by Crippen LogP contribution is 2.22. The molecule has 2 aliphatic rings. The fourth-order valence-corrected chi connectivity index (χ4v) is 4.89. The fourth-order valence-electron chi connectivity index (χ4n) is 4.89. The molecule has 3 rings (SSSR count). The molecule has 1 aromatic carbocycles. The van der Waals surface area contributed by atoms with E-state index in [1.54, 1.807) is 0 Å². The molecule has 2 fully saturated rings. The predicted molar refractivity (Wildman–Crippen MR) is 146 cm³/mol. The topological polar surface area (TPSA) is 40.1 Å². The van der Waals surface area contributed by atoms with Gasteiger partial charge in [0.15, 0.2) is 5.96 Å². The van der Waals surface area contributed by atoms with E-state index in [1.165, 1.54) is 57.3 Å². The van der Waals surface area contributed by atoms with E-state index in [2.05, 4.69) is 59.3 Å². The molecule has 1 N–H and O–H groups in total. The standard InChI is InChI=1S/C26H44N4O.HI/c1-3-27-26(30-20-14-25(15-21-30)31-4-2)28-16-8-9-17-29-18-12-24(13-19-29)22-23-10-6-5-7-11-23;/h5-7,10-11,24-25H,3-4,8-9,12-22H2,1-2H3,(H,27,28);1H. The van der Waals surface area contributed by atoms with E-state index >= 15 is 0 Å². The van der Waals surface area contributed by atoms with Crippen LogP contribution in [0.2, 0.25) is 0 Å². The van der Waals surface area contributed by atoms with Gasteiger partial charge in [0.25, 0.3) is 0 Å². The fraction of sp³-hybridized carbons (Fsp3) is 0.731. The SMILES string of the molecule is CCNC(=NCCCCN1CCC(Cc2ccccc2)CC1)N1CCC(OCC)CC1.I. The molecule has 0 saturated carbocycles. The second-order valence-corrected chi connectivity index (χ2v) is 9.06. The number of piperidine rings is 2. The van der Waals surface area contributed by atoms with Crippen LogP contribution < -0.4 is 5.32 Å². The maximum Gasteiger partial charge on any atom is 0.193 e. The first-order valence-electron chi connectivity index (χ1n) is 12.7. The van der Waals surface area contributed by atoms with Crippen molar-refractivity contribution in [2.75, 3.05) is 52.4 Å². The van der Waals surface area contributed by atoms with Gasteiger partial charge in [-0.25, -0.2) is 0 Å². The number of ether oxygens (including phenoxy) is 1. The summed E-state index contributed by atoms with van der Waals surface area (Å²) in [6, 6.07) is 11.0. The molecule has 1 aromatic rings. The first-order valence-corrected chi connectivity index (χ1v) is 12.7. The third-order valence-electron chi connectivity index (χ3n) is 6.70. The number of aliphatic imine (C=N–C) groups is 1. The van der Waals surface area contributed by atoms with E-state index in [1.807, 2.05) is 0 Å². The van der Waals surface area contributed by atoms with Crippen LogP contribution in [-0.2, 0) is 11.2 Å². The van der Waals surface area contributed by atoms with Crippen molar-refractivity contribution in [2.24, 2.45) is 10.9 Å². The Labute approximate surface area is 213 Å². The minimum absolute atomic E-state index is 0. The van der Waals surface area contributed by atoms with Crippen molar-refractivity contribution < 1.29 is 4.74 Å². The van der Waals surface area contributed by atoms with Gasteiger partial charge in [0.05, 0.1) is 6.10 Å². The van der Waals surface area contributed by atoms with Gasteiger partial charge in [-0.2, -0.15) is 0 Å². The molecule has 0 unspecified atom stereocenters. The molecule has 5 nitrogen and oxygen atoms in total. The molecule has 0 aliphatic carbocycles. The van der Waals surface area contributed by atoms with Gasteiger partial charge in [-0.05, 0) is 89.9 Å². The third-order valence-corrected chi connectivity index (χ3v) is 6.70. The lowest BCUT2D eigenvalue weighted by Crippen LogP contribution is -2.47. The number of guanidine groups is 1. The summed E-state index contributed by atoms with van der Waals surface area (Å²) in [7, 11) is 0. The highest BCUT2D eigenvalue weighted by atomic mass is 127. The quantitative estimate of drug-likeness (QED) is 0.195. The van der Waals surface area contributed by atoms with Crippen LogP contribution in [0.4, 0.5) is 0 Å². The summed E-state index contributed by atoms with van der Waals surface area (Å²) in [4.78, 5) is 10.00. The van der Waals surface area contributed by atoms with Crippen LogP contribution in [0.25, 0.3) is 0 Å². The molecule has 6 heteroatoms. The lowest BCUT2D eigenvalue weighted by atomic mass is 9.90. The number of nitrogens with one attached hydrogen (secondary N) is 1. The Morgan fingerprint density at radius 2 is 1.72 bits per heavy atom. The van der Waals surface area contributed by atoms with Gasteiger partial charge < -0.3 is 19.9 Å². The number of hydrogen-bond donors (Lipinski definition) is 1. The maximum atomic E-state index is 5.79. The summed E-state index contributed by atoms with van der Waals surface area (Å²) < 4.78 is 5.79. The van der Waals surface area contributed by atoms with Crippen LogP contribution in [0.3, 0.4) is 0 Å². The van der Waals surface area contributed by atoms with E-state index in [-0.39, 0.29) is 24.0 Å². The molecule has 0 spiro atoms. The Hall–Kier alpha value is -0.860. The molecular weight excluding hydrogens is 511 g/mol. The van der Waals surface area contributed by atoms with Crippen LogP contribution >= 0.6 is 24.0 Å². The molecule has 0 radical (unpaired) electrons. The van der Waals surface area contributed by atoms with Crippen LogP contribution in [0, 0.1) is 5.92 Å². The minimum Gasteiger partial charge on any atom is -0.378 e. The molecular formula is C26H45IN4O. The molecule has 0 bridgehead atoms.